The van der Waals surface area contributed by atoms with Crippen LogP contribution in [0.3, 0.4) is 0 Å². The van der Waals surface area contributed by atoms with Gasteiger partial charge >= 0.3 is 12.0 Å². The molecule has 2 N–H and O–H groups in total. The van der Waals surface area contributed by atoms with E-state index in [1.165, 1.54) is 0 Å². The van der Waals surface area contributed by atoms with Crippen LogP contribution in [0.4, 0.5) is 4.79 Å². The number of hydrogen-bond donors (Lipinski definition) is 2. The first-order valence-corrected chi connectivity index (χ1v) is 9.28. The Morgan fingerprint density at radius 1 is 1.11 bits per heavy atom. The van der Waals surface area contributed by atoms with Crippen molar-refractivity contribution in [1.29, 1.82) is 0 Å². The highest BCUT2D eigenvalue weighted by Crippen LogP contribution is 2.31. The minimum atomic E-state index is -0.733. The van der Waals surface area contributed by atoms with Crippen LogP contribution < -0.4 is 15.4 Å². The Hall–Kier alpha value is -3.28. The van der Waals surface area contributed by atoms with E-state index >= 15 is 0 Å². The molecule has 0 spiro atoms. The van der Waals surface area contributed by atoms with Gasteiger partial charge in [0.05, 0.1) is 12.6 Å². The lowest BCUT2D eigenvalue weighted by molar-refractivity contribution is -0.149. The molecule has 0 radical (unpaired) electrons. The third-order valence-corrected chi connectivity index (χ3v) is 4.46. The van der Waals surface area contributed by atoms with Crippen LogP contribution in [0.25, 0.3) is 0 Å². The van der Waals surface area contributed by atoms with Crippen molar-refractivity contribution < 1.29 is 19.1 Å². The van der Waals surface area contributed by atoms with Gasteiger partial charge in [-0.2, -0.15) is 0 Å². The molecular weight excluding hydrogens is 356 g/mol. The summed E-state index contributed by atoms with van der Waals surface area (Å²) in [6.07, 6.45) is 0.918. The maximum atomic E-state index is 12.8. The maximum Gasteiger partial charge on any atom is 0.319 e. The topological polar surface area (TPSA) is 76.7 Å². The zero-order valence-corrected chi connectivity index (χ0v) is 15.8. The van der Waals surface area contributed by atoms with Crippen LogP contribution in [0.15, 0.2) is 66.9 Å². The number of urea groups is 1. The van der Waals surface area contributed by atoms with Gasteiger partial charge in [-0.05, 0) is 29.7 Å². The number of nitrogens with one attached hydrogen (secondary N) is 2. The van der Waals surface area contributed by atoms with Gasteiger partial charge in [0, 0.05) is 5.70 Å². The normalized spacial score (nSPS) is 18.8. The van der Waals surface area contributed by atoms with Gasteiger partial charge < -0.3 is 20.1 Å². The first-order chi connectivity index (χ1) is 13.6. The number of carbonyl (C=O) groups is 2. The van der Waals surface area contributed by atoms with Crippen LogP contribution in [0.5, 0.6) is 5.75 Å². The first-order valence-electron chi connectivity index (χ1n) is 9.28. The average molecular weight is 380 g/mol. The van der Waals surface area contributed by atoms with Crippen molar-refractivity contribution in [3.8, 4) is 5.75 Å². The molecule has 3 rings (SSSR count). The van der Waals surface area contributed by atoms with Gasteiger partial charge in [0.15, 0.2) is 0 Å². The summed E-state index contributed by atoms with van der Waals surface area (Å²) in [4.78, 5) is 24.7. The van der Waals surface area contributed by atoms with Gasteiger partial charge in [-0.15, -0.1) is 0 Å². The van der Waals surface area contributed by atoms with Crippen molar-refractivity contribution in [2.45, 2.75) is 26.0 Å². The zero-order chi connectivity index (χ0) is 19.9. The summed E-state index contributed by atoms with van der Waals surface area (Å²) in [5.74, 6) is -0.436. The van der Waals surface area contributed by atoms with Crippen LogP contribution in [0.2, 0.25) is 0 Å². The molecule has 2 atom stereocenters. The lowest BCUT2D eigenvalue weighted by Gasteiger charge is -2.33. The Kier molecular flexibility index (Phi) is 6.32. The first kappa shape index (κ1) is 19.5. The molecule has 1 aliphatic rings. The summed E-state index contributed by atoms with van der Waals surface area (Å²) in [7, 11) is 0. The standard InChI is InChI=1S/C22H24N2O4/c1-3-13-27-18-11-9-17(10-12-18)20-19(15(2)23-22(26)24-20)21(25)28-14-16-7-5-4-6-8-16/h4-12,19-20H,2-3,13-14H2,1H3,(H2,23,24,26)/t19-,20+/m0/s1. The predicted molar refractivity (Wildman–Crippen MR) is 106 cm³/mol. The number of carbonyl (C=O) groups excluding carboxylic acids is 2. The van der Waals surface area contributed by atoms with E-state index < -0.39 is 24.0 Å². The van der Waals surface area contributed by atoms with Gasteiger partial charge in [-0.3, -0.25) is 4.79 Å². The average Bonchev–Trinajstić information content (AvgIpc) is 2.71. The minimum Gasteiger partial charge on any atom is -0.494 e. The van der Waals surface area contributed by atoms with Crippen LogP contribution in [0, 0.1) is 5.92 Å². The third kappa shape index (κ3) is 4.71. The Labute approximate surface area is 164 Å². The number of benzene rings is 2. The monoisotopic (exact) mass is 380 g/mol. The van der Waals surface area contributed by atoms with Crippen molar-refractivity contribution in [1.82, 2.24) is 10.6 Å². The van der Waals surface area contributed by atoms with E-state index in [1.807, 2.05) is 61.5 Å². The highest BCUT2D eigenvalue weighted by molar-refractivity contribution is 5.85. The highest BCUT2D eigenvalue weighted by Gasteiger charge is 2.38. The molecule has 1 fully saturated rings. The molecule has 2 aromatic rings. The second-order valence-electron chi connectivity index (χ2n) is 6.59. The van der Waals surface area contributed by atoms with Crippen LogP contribution >= 0.6 is 0 Å². The fourth-order valence-corrected chi connectivity index (χ4v) is 3.05. The second kappa shape index (κ2) is 9.08. The molecule has 146 valence electrons. The molecule has 6 nitrogen and oxygen atoms in total. The predicted octanol–water partition coefficient (Wildman–Crippen LogP) is 3.70. The fraction of sp³-hybridized carbons (Fsp3) is 0.273. The third-order valence-electron chi connectivity index (χ3n) is 4.46. The van der Waals surface area contributed by atoms with Crippen LogP contribution in [-0.2, 0) is 16.1 Å². The quantitative estimate of drug-likeness (QED) is 0.718. The number of amides is 2. The molecule has 1 heterocycles. The Balaban J connectivity index is 1.75. The molecule has 0 aliphatic carbocycles. The zero-order valence-electron chi connectivity index (χ0n) is 15.8. The summed E-state index contributed by atoms with van der Waals surface area (Å²) >= 11 is 0. The van der Waals surface area contributed by atoms with Crippen molar-refractivity contribution in [3.05, 3.63) is 78.0 Å². The maximum absolute atomic E-state index is 12.8. The molecule has 0 aromatic heterocycles. The van der Waals surface area contributed by atoms with E-state index in [9.17, 15) is 9.59 Å². The summed E-state index contributed by atoms with van der Waals surface area (Å²) in [5, 5.41) is 5.38. The number of esters is 1. The lowest BCUT2D eigenvalue weighted by atomic mass is 9.89. The molecule has 2 amide bonds. The molecule has 2 aromatic carbocycles. The van der Waals surface area contributed by atoms with Crippen molar-refractivity contribution in [2.24, 2.45) is 5.92 Å². The van der Waals surface area contributed by atoms with E-state index in [-0.39, 0.29) is 6.61 Å². The molecule has 28 heavy (non-hydrogen) atoms. The number of hydrogen-bond acceptors (Lipinski definition) is 4. The molecular formula is C22H24N2O4. The van der Waals surface area contributed by atoms with E-state index in [2.05, 4.69) is 17.2 Å². The summed E-state index contributed by atoms with van der Waals surface area (Å²) in [6, 6.07) is 15.8. The largest absolute Gasteiger partial charge is 0.494 e. The van der Waals surface area contributed by atoms with Crippen molar-refractivity contribution >= 4 is 12.0 Å². The highest BCUT2D eigenvalue weighted by atomic mass is 16.5. The molecule has 0 unspecified atom stereocenters. The van der Waals surface area contributed by atoms with E-state index in [0.29, 0.717) is 12.3 Å². The van der Waals surface area contributed by atoms with Gasteiger partial charge in [-0.1, -0.05) is 56.0 Å². The van der Waals surface area contributed by atoms with Gasteiger partial charge in [0.25, 0.3) is 0 Å². The molecule has 6 heteroatoms. The molecule has 0 bridgehead atoms. The Morgan fingerprint density at radius 2 is 1.82 bits per heavy atom. The Bertz CT molecular complexity index is 833. The number of rotatable bonds is 7. The van der Waals surface area contributed by atoms with E-state index in [0.717, 1.165) is 23.3 Å². The van der Waals surface area contributed by atoms with Crippen LogP contribution in [0.1, 0.15) is 30.5 Å². The SMILES string of the molecule is C=C1NC(=O)N[C@H](c2ccc(OCCC)cc2)[C@H]1C(=O)OCc1ccccc1. The van der Waals surface area contributed by atoms with Crippen molar-refractivity contribution in [3.63, 3.8) is 0 Å². The molecule has 1 aliphatic heterocycles. The summed E-state index contributed by atoms with van der Waals surface area (Å²) in [6.45, 7) is 6.69. The summed E-state index contributed by atoms with van der Waals surface area (Å²) < 4.78 is 11.1. The summed E-state index contributed by atoms with van der Waals surface area (Å²) in [5.41, 5.74) is 1.99. The van der Waals surface area contributed by atoms with E-state index in [4.69, 9.17) is 9.47 Å². The Morgan fingerprint density at radius 3 is 2.50 bits per heavy atom. The molecule has 1 saturated heterocycles. The van der Waals surface area contributed by atoms with Gasteiger partial charge in [-0.25, -0.2) is 4.79 Å². The van der Waals surface area contributed by atoms with Crippen molar-refractivity contribution in [2.75, 3.05) is 6.61 Å². The fourth-order valence-electron chi connectivity index (χ4n) is 3.05. The van der Waals surface area contributed by atoms with Crippen LogP contribution in [-0.4, -0.2) is 18.6 Å². The molecule has 0 saturated carbocycles. The lowest BCUT2D eigenvalue weighted by Crippen LogP contribution is -2.51. The van der Waals surface area contributed by atoms with Gasteiger partial charge in [0.2, 0.25) is 0 Å². The number of ether oxygens (including phenoxy) is 2. The minimum absolute atomic E-state index is 0.161. The second-order valence-corrected chi connectivity index (χ2v) is 6.59. The van der Waals surface area contributed by atoms with Gasteiger partial charge in [0.1, 0.15) is 18.3 Å². The smallest absolute Gasteiger partial charge is 0.319 e. The van der Waals surface area contributed by atoms with E-state index in [1.54, 1.807) is 0 Å².